The topological polar surface area (TPSA) is 207 Å². The van der Waals surface area contributed by atoms with Crippen LogP contribution < -0.4 is 0 Å². The van der Waals surface area contributed by atoms with Gasteiger partial charge >= 0.3 is 0 Å². The van der Waals surface area contributed by atoms with Gasteiger partial charge in [0.15, 0.2) is 35.1 Å². The highest BCUT2D eigenvalue weighted by Crippen LogP contribution is 2.35. The smallest absolute Gasteiger partial charge is 0.187 e. The van der Waals surface area contributed by atoms with E-state index in [9.17, 15) is 45.6 Å². The summed E-state index contributed by atoms with van der Waals surface area (Å²) in [6, 6.07) is 7.68. The molecule has 0 aliphatic carbocycles. The number of aliphatic hydroxyl groups is 4. The molecule has 12 heteroatoms. The minimum Gasteiger partial charge on any atom is -0.504 e. The molecule has 1 heterocycles. The summed E-state index contributed by atoms with van der Waals surface area (Å²) >= 11 is 0. The molecule has 1 saturated heterocycles. The highest BCUT2D eigenvalue weighted by molar-refractivity contribution is 5.96. The van der Waals surface area contributed by atoms with Crippen LogP contribution in [0.5, 0.6) is 23.0 Å². The van der Waals surface area contributed by atoms with E-state index in [0.717, 1.165) is 12.5 Å². The molecule has 8 N–H and O–H groups in total. The van der Waals surface area contributed by atoms with E-state index in [-0.39, 0.29) is 36.5 Å². The lowest BCUT2D eigenvalue weighted by Gasteiger charge is -2.42. The Bertz CT molecular complexity index is 1090. The molecule has 1 fully saturated rings. The molecular formula is C27H36O12. The number of benzene rings is 2. The first-order chi connectivity index (χ1) is 18.6. The second kappa shape index (κ2) is 13.9. The maximum Gasteiger partial charge on any atom is 0.187 e. The molecule has 0 amide bonds. The number of hydrogen-bond acceptors (Lipinski definition) is 12. The highest BCUT2D eigenvalue weighted by atomic mass is 16.7. The van der Waals surface area contributed by atoms with Gasteiger partial charge in [0.1, 0.15) is 30.5 Å². The van der Waals surface area contributed by atoms with E-state index < -0.39 is 66.8 Å². The van der Waals surface area contributed by atoms with Crippen molar-refractivity contribution in [1.82, 2.24) is 0 Å². The number of rotatable bonds is 13. The van der Waals surface area contributed by atoms with Crippen molar-refractivity contribution >= 4 is 5.78 Å². The Balaban J connectivity index is 1.92. The fraction of sp³-hybridized carbons (Fsp3) is 0.519. The van der Waals surface area contributed by atoms with Crippen LogP contribution in [-0.4, -0.2) is 96.7 Å². The molecule has 7 unspecified atom stereocenters. The van der Waals surface area contributed by atoms with Crippen LogP contribution in [0.3, 0.4) is 0 Å². The number of ketones is 1. The summed E-state index contributed by atoms with van der Waals surface area (Å²) < 4.78 is 17.6. The highest BCUT2D eigenvalue weighted by Gasteiger charge is 2.45. The zero-order valence-corrected chi connectivity index (χ0v) is 21.5. The summed E-state index contributed by atoms with van der Waals surface area (Å²) in [6.07, 6.45) is -8.46. The molecule has 0 bridgehead atoms. The zero-order valence-electron chi connectivity index (χ0n) is 21.5. The normalized spacial score (nSPS) is 24.8. The quantitative estimate of drug-likeness (QED) is 0.100. The molecule has 12 nitrogen and oxygen atoms in total. The number of ether oxygens (including phenoxy) is 3. The number of aliphatic hydroxyl groups excluding tert-OH is 4. The van der Waals surface area contributed by atoms with Crippen LogP contribution in [0, 0.1) is 0 Å². The second-order valence-corrected chi connectivity index (χ2v) is 9.43. The maximum atomic E-state index is 12.9. The first-order valence-corrected chi connectivity index (χ1v) is 12.7. The van der Waals surface area contributed by atoms with Crippen LogP contribution >= 0.6 is 0 Å². The van der Waals surface area contributed by atoms with Gasteiger partial charge in [-0.1, -0.05) is 19.4 Å². The summed E-state index contributed by atoms with van der Waals surface area (Å²) in [4.78, 5) is 12.9. The third kappa shape index (κ3) is 7.57. The van der Waals surface area contributed by atoms with Gasteiger partial charge in [-0.15, -0.1) is 0 Å². The molecule has 0 aromatic heterocycles. The largest absolute Gasteiger partial charge is 0.504 e. The number of unbranched alkanes of at least 4 members (excludes halogenated alkanes) is 1. The third-order valence-electron chi connectivity index (χ3n) is 6.57. The van der Waals surface area contributed by atoms with Gasteiger partial charge in [0.05, 0.1) is 12.7 Å². The van der Waals surface area contributed by atoms with Crippen LogP contribution in [-0.2, 0) is 14.2 Å². The van der Waals surface area contributed by atoms with E-state index in [4.69, 9.17) is 14.2 Å². The van der Waals surface area contributed by atoms with E-state index in [1.54, 1.807) is 0 Å². The molecule has 0 spiro atoms. The van der Waals surface area contributed by atoms with Gasteiger partial charge in [-0.2, -0.15) is 0 Å². The predicted octanol–water partition coefficient (Wildman–Crippen LogP) is 1.21. The Kier molecular flexibility index (Phi) is 10.9. The summed E-state index contributed by atoms with van der Waals surface area (Å²) in [7, 11) is 0. The Labute approximate surface area is 225 Å². The van der Waals surface area contributed by atoms with Crippen molar-refractivity contribution in [2.45, 2.75) is 75.5 Å². The molecule has 2 aromatic rings. The summed E-state index contributed by atoms with van der Waals surface area (Å²) in [5.74, 6) is -2.03. The van der Waals surface area contributed by atoms with Gasteiger partial charge in [0.2, 0.25) is 0 Å². The van der Waals surface area contributed by atoms with Crippen molar-refractivity contribution in [3.8, 4) is 23.0 Å². The van der Waals surface area contributed by atoms with Gasteiger partial charge < -0.3 is 55.1 Å². The van der Waals surface area contributed by atoms with Gasteiger partial charge in [0, 0.05) is 18.6 Å². The molecule has 0 radical (unpaired) electrons. The van der Waals surface area contributed by atoms with Gasteiger partial charge in [-0.25, -0.2) is 0 Å². The Morgan fingerprint density at radius 1 is 0.923 bits per heavy atom. The molecule has 3 rings (SSSR count). The van der Waals surface area contributed by atoms with E-state index in [2.05, 4.69) is 0 Å². The van der Waals surface area contributed by atoms with Crippen LogP contribution in [0.4, 0.5) is 0 Å². The maximum absolute atomic E-state index is 12.9. The number of carbonyl (C=O) groups is 1. The summed E-state index contributed by atoms with van der Waals surface area (Å²) in [5.41, 5.74) is 0.508. The standard InChI is InChI=1S/C27H36O12/c1-2-3-10-37-26(15-5-7-18(31)20(33)12-15)21(9-8-16(29)14-4-6-17(30)19(32)11-14)38-27-25(36)24(35)23(34)22(13-28)39-27/h4-7,11-12,21-28,30-36H,2-3,8-10,13H2,1H3. The van der Waals surface area contributed by atoms with Crippen molar-refractivity contribution in [2.75, 3.05) is 13.2 Å². The summed E-state index contributed by atoms with van der Waals surface area (Å²) in [5, 5.41) is 79.7. The van der Waals surface area contributed by atoms with E-state index in [1.807, 2.05) is 6.92 Å². The van der Waals surface area contributed by atoms with Crippen LogP contribution in [0.25, 0.3) is 0 Å². The molecular weight excluding hydrogens is 516 g/mol. The average molecular weight is 553 g/mol. The van der Waals surface area contributed by atoms with Crippen molar-refractivity contribution in [3.63, 3.8) is 0 Å². The minimum absolute atomic E-state index is 0.0338. The number of Topliss-reactive ketones (excluding diaryl/α,β-unsaturated/α-hetero) is 1. The Hall–Kier alpha value is -2.97. The predicted molar refractivity (Wildman–Crippen MR) is 135 cm³/mol. The number of phenolic OH excluding ortho intramolecular Hbond substituents is 4. The lowest BCUT2D eigenvalue weighted by molar-refractivity contribution is -0.319. The lowest BCUT2D eigenvalue weighted by Crippen LogP contribution is -2.60. The van der Waals surface area contributed by atoms with Crippen LogP contribution in [0.15, 0.2) is 36.4 Å². The van der Waals surface area contributed by atoms with Crippen molar-refractivity contribution in [2.24, 2.45) is 0 Å². The lowest BCUT2D eigenvalue weighted by atomic mass is 9.96. The number of phenols is 4. The first-order valence-electron chi connectivity index (χ1n) is 12.7. The van der Waals surface area contributed by atoms with Gasteiger partial charge in [-0.05, 0) is 48.7 Å². The average Bonchev–Trinajstić information content (AvgIpc) is 2.92. The van der Waals surface area contributed by atoms with E-state index >= 15 is 0 Å². The molecule has 1 aliphatic heterocycles. The molecule has 1 aliphatic rings. The number of carbonyl (C=O) groups excluding carboxylic acids is 1. The second-order valence-electron chi connectivity index (χ2n) is 9.43. The van der Waals surface area contributed by atoms with E-state index in [1.165, 1.54) is 30.3 Å². The summed E-state index contributed by atoms with van der Waals surface area (Å²) in [6.45, 7) is 1.55. The number of hydrogen-bond donors (Lipinski definition) is 8. The zero-order chi connectivity index (χ0) is 28.7. The molecule has 39 heavy (non-hydrogen) atoms. The first kappa shape index (κ1) is 30.6. The van der Waals surface area contributed by atoms with Gasteiger partial charge in [0.25, 0.3) is 0 Å². The monoisotopic (exact) mass is 552 g/mol. The fourth-order valence-electron chi connectivity index (χ4n) is 4.25. The number of aromatic hydroxyl groups is 4. The Morgan fingerprint density at radius 3 is 2.21 bits per heavy atom. The minimum atomic E-state index is -1.71. The van der Waals surface area contributed by atoms with E-state index in [0.29, 0.717) is 12.0 Å². The molecule has 216 valence electrons. The SMILES string of the molecule is CCCCOC(c1ccc(O)c(O)c1)C(CCC(=O)c1ccc(O)c(O)c1)OC1OC(CO)C(O)C(O)C1O. The third-order valence-corrected chi connectivity index (χ3v) is 6.57. The molecule has 0 saturated carbocycles. The van der Waals surface area contributed by atoms with Crippen LogP contribution in [0.1, 0.15) is 54.6 Å². The molecule has 7 atom stereocenters. The van der Waals surface area contributed by atoms with Crippen molar-refractivity contribution in [3.05, 3.63) is 47.5 Å². The Morgan fingerprint density at radius 2 is 1.59 bits per heavy atom. The van der Waals surface area contributed by atoms with Crippen molar-refractivity contribution < 1.29 is 59.9 Å². The van der Waals surface area contributed by atoms with Gasteiger partial charge in [-0.3, -0.25) is 4.79 Å². The molecule has 2 aromatic carbocycles. The fourth-order valence-corrected chi connectivity index (χ4v) is 4.25. The van der Waals surface area contributed by atoms with Crippen molar-refractivity contribution in [1.29, 1.82) is 0 Å². The van der Waals surface area contributed by atoms with Crippen LogP contribution in [0.2, 0.25) is 0 Å².